The number of aryl methyl sites for hydroxylation is 2. The summed E-state index contributed by atoms with van der Waals surface area (Å²) in [5, 5.41) is 15.1. The molecule has 27 heavy (non-hydrogen) atoms. The van der Waals surface area contributed by atoms with E-state index in [1.54, 1.807) is 6.92 Å². The maximum atomic E-state index is 13.1. The van der Waals surface area contributed by atoms with E-state index in [0.717, 1.165) is 0 Å². The normalized spacial score (nSPS) is 16.1. The molecule has 0 bridgehead atoms. The van der Waals surface area contributed by atoms with E-state index >= 15 is 0 Å². The number of fused-ring (bicyclic) bond motifs is 1. The number of rotatable bonds is 5. The van der Waals surface area contributed by atoms with E-state index < -0.39 is 34.8 Å². The Morgan fingerprint density at radius 3 is 2.22 bits per heavy atom. The Bertz CT molecular complexity index is 939. The van der Waals surface area contributed by atoms with Crippen molar-refractivity contribution < 1.29 is 29.0 Å². The van der Waals surface area contributed by atoms with Gasteiger partial charge in [0.25, 0.3) is 0 Å². The number of nitrogens with zero attached hydrogens (tertiary/aromatic N) is 2. The van der Waals surface area contributed by atoms with Crippen molar-refractivity contribution in [3.8, 4) is 0 Å². The van der Waals surface area contributed by atoms with Gasteiger partial charge in [-0.2, -0.15) is 5.10 Å². The molecule has 1 N–H and O–H groups in total. The van der Waals surface area contributed by atoms with E-state index in [-0.39, 0.29) is 23.4 Å². The lowest BCUT2D eigenvalue weighted by atomic mass is 9.79. The van der Waals surface area contributed by atoms with Crippen molar-refractivity contribution in [1.29, 1.82) is 0 Å². The molecule has 1 aliphatic carbocycles. The SMILES string of the molecule is CCOC(=O)[C@H](C(=O)c1cc(C)nn1C)C1(O)C(=O)c2ccccc2C1=O. The summed E-state index contributed by atoms with van der Waals surface area (Å²) in [5.41, 5.74) is -2.44. The highest BCUT2D eigenvalue weighted by molar-refractivity contribution is 6.36. The number of carbonyl (C=O) groups excluding carboxylic acids is 4. The van der Waals surface area contributed by atoms with Crippen molar-refractivity contribution in [3.63, 3.8) is 0 Å². The Morgan fingerprint density at radius 2 is 1.78 bits per heavy atom. The van der Waals surface area contributed by atoms with Gasteiger partial charge in [-0.15, -0.1) is 0 Å². The number of aromatic nitrogens is 2. The minimum atomic E-state index is -2.86. The third kappa shape index (κ3) is 2.69. The molecule has 0 radical (unpaired) electrons. The Labute approximate surface area is 154 Å². The molecule has 2 aromatic rings. The maximum absolute atomic E-state index is 13.1. The number of carbonyl (C=O) groups is 4. The van der Waals surface area contributed by atoms with Gasteiger partial charge in [-0.25, -0.2) is 0 Å². The smallest absolute Gasteiger partial charge is 0.320 e. The fourth-order valence-electron chi connectivity index (χ4n) is 3.34. The predicted molar refractivity (Wildman–Crippen MR) is 92.5 cm³/mol. The number of hydrogen-bond donors (Lipinski definition) is 1. The van der Waals surface area contributed by atoms with Crippen LogP contribution in [-0.2, 0) is 16.6 Å². The first-order valence-electron chi connectivity index (χ1n) is 8.36. The Kier molecular flexibility index (Phi) is 4.52. The zero-order valence-corrected chi connectivity index (χ0v) is 15.1. The molecule has 0 saturated heterocycles. The standard InChI is InChI=1S/C19H18N2O6/c1-4-27-18(25)14(15(22)13-9-10(2)20-21(13)3)19(26)16(23)11-7-5-6-8-12(11)17(19)24/h5-9,14,26H,4H2,1-3H3/t14-/m0/s1. The first-order chi connectivity index (χ1) is 12.7. The van der Waals surface area contributed by atoms with Gasteiger partial charge >= 0.3 is 5.97 Å². The summed E-state index contributed by atoms with van der Waals surface area (Å²) in [7, 11) is 1.49. The van der Waals surface area contributed by atoms with Crippen LogP contribution >= 0.6 is 0 Å². The zero-order valence-electron chi connectivity index (χ0n) is 15.1. The van der Waals surface area contributed by atoms with Crippen LogP contribution in [-0.4, -0.2) is 50.4 Å². The van der Waals surface area contributed by atoms with Crippen molar-refractivity contribution in [3.05, 3.63) is 52.8 Å². The second kappa shape index (κ2) is 6.55. The van der Waals surface area contributed by atoms with Crippen LogP contribution in [0.3, 0.4) is 0 Å². The second-order valence-corrected chi connectivity index (χ2v) is 6.31. The largest absolute Gasteiger partial charge is 0.465 e. The molecule has 0 fully saturated rings. The molecule has 8 nitrogen and oxygen atoms in total. The third-order valence-electron chi connectivity index (χ3n) is 4.57. The molecular formula is C19H18N2O6. The topological polar surface area (TPSA) is 116 Å². The van der Waals surface area contributed by atoms with E-state index in [4.69, 9.17) is 4.74 Å². The van der Waals surface area contributed by atoms with Crippen molar-refractivity contribution in [2.45, 2.75) is 19.4 Å². The van der Waals surface area contributed by atoms with Crippen LogP contribution in [0.4, 0.5) is 0 Å². The van der Waals surface area contributed by atoms with Gasteiger partial charge in [0.05, 0.1) is 12.3 Å². The van der Waals surface area contributed by atoms with Gasteiger partial charge in [0.2, 0.25) is 17.2 Å². The van der Waals surface area contributed by atoms with Crippen LogP contribution < -0.4 is 0 Å². The quantitative estimate of drug-likeness (QED) is 0.472. The molecule has 0 aliphatic heterocycles. The molecular weight excluding hydrogens is 352 g/mol. The van der Waals surface area contributed by atoms with Crippen LogP contribution in [0.1, 0.15) is 43.8 Å². The van der Waals surface area contributed by atoms with E-state index in [1.807, 2.05) is 0 Å². The average molecular weight is 370 g/mol. The number of ketones is 3. The fraction of sp³-hybridized carbons (Fsp3) is 0.316. The molecule has 1 aliphatic rings. The van der Waals surface area contributed by atoms with Crippen molar-refractivity contribution in [1.82, 2.24) is 9.78 Å². The molecule has 0 unspecified atom stereocenters. The van der Waals surface area contributed by atoms with Gasteiger partial charge in [0.15, 0.2) is 11.7 Å². The lowest BCUT2D eigenvalue weighted by molar-refractivity contribution is -0.150. The van der Waals surface area contributed by atoms with Crippen LogP contribution in [0, 0.1) is 12.8 Å². The monoisotopic (exact) mass is 370 g/mol. The minimum Gasteiger partial charge on any atom is -0.465 e. The second-order valence-electron chi connectivity index (χ2n) is 6.31. The molecule has 0 spiro atoms. The number of benzene rings is 1. The molecule has 1 atom stereocenters. The van der Waals surface area contributed by atoms with Crippen molar-refractivity contribution >= 4 is 23.3 Å². The molecule has 0 saturated carbocycles. The van der Waals surface area contributed by atoms with Gasteiger partial charge in [-0.05, 0) is 19.9 Å². The van der Waals surface area contributed by atoms with Gasteiger partial charge in [-0.3, -0.25) is 23.9 Å². The summed E-state index contributed by atoms with van der Waals surface area (Å²) in [6, 6.07) is 7.21. The van der Waals surface area contributed by atoms with Crippen molar-refractivity contribution in [2.24, 2.45) is 13.0 Å². The highest BCUT2D eigenvalue weighted by Crippen LogP contribution is 2.37. The number of aliphatic hydroxyl groups is 1. The van der Waals surface area contributed by atoms with Crippen LogP contribution in [0.2, 0.25) is 0 Å². The number of ether oxygens (including phenoxy) is 1. The van der Waals surface area contributed by atoms with Crippen LogP contribution in [0.15, 0.2) is 30.3 Å². The molecule has 8 heteroatoms. The summed E-state index contributed by atoms with van der Waals surface area (Å²) in [4.78, 5) is 51.4. The fourth-order valence-corrected chi connectivity index (χ4v) is 3.34. The highest BCUT2D eigenvalue weighted by atomic mass is 16.5. The van der Waals surface area contributed by atoms with Gasteiger partial charge in [0, 0.05) is 18.2 Å². The third-order valence-corrected chi connectivity index (χ3v) is 4.57. The summed E-state index contributed by atoms with van der Waals surface area (Å²) < 4.78 is 6.14. The molecule has 3 rings (SSSR count). The lowest BCUT2D eigenvalue weighted by Crippen LogP contribution is -2.55. The lowest BCUT2D eigenvalue weighted by Gasteiger charge is -2.26. The Morgan fingerprint density at radius 1 is 1.22 bits per heavy atom. The molecule has 1 aromatic carbocycles. The summed E-state index contributed by atoms with van der Waals surface area (Å²) >= 11 is 0. The van der Waals surface area contributed by atoms with Gasteiger partial charge in [-0.1, -0.05) is 24.3 Å². The average Bonchev–Trinajstić information content (AvgIpc) is 3.06. The van der Waals surface area contributed by atoms with E-state index in [9.17, 15) is 24.3 Å². The van der Waals surface area contributed by atoms with E-state index in [2.05, 4.69) is 5.10 Å². The van der Waals surface area contributed by atoms with Gasteiger partial charge in [0.1, 0.15) is 5.69 Å². The maximum Gasteiger partial charge on any atom is 0.320 e. The minimum absolute atomic E-state index is 0.0180. The molecule has 1 heterocycles. The Balaban J connectivity index is 2.16. The molecule has 140 valence electrons. The van der Waals surface area contributed by atoms with Crippen molar-refractivity contribution in [2.75, 3.05) is 6.61 Å². The number of hydrogen-bond acceptors (Lipinski definition) is 7. The highest BCUT2D eigenvalue weighted by Gasteiger charge is 2.62. The predicted octanol–water partition coefficient (Wildman–Crippen LogP) is 0.901. The van der Waals surface area contributed by atoms with Crippen LogP contribution in [0.5, 0.6) is 0 Å². The summed E-state index contributed by atoms with van der Waals surface area (Å²) in [6.45, 7) is 3.08. The first kappa shape index (κ1) is 18.7. The Hall–Kier alpha value is -3.13. The zero-order chi connectivity index (χ0) is 19.9. The van der Waals surface area contributed by atoms with Gasteiger partial charge < -0.3 is 9.84 Å². The summed E-state index contributed by atoms with van der Waals surface area (Å²) in [6.07, 6.45) is 0. The molecule has 1 aromatic heterocycles. The van der Waals surface area contributed by atoms with E-state index in [0.29, 0.717) is 5.69 Å². The first-order valence-corrected chi connectivity index (χ1v) is 8.36. The number of Topliss-reactive ketones (excluding diaryl/α,β-unsaturated/α-hetero) is 3. The van der Waals surface area contributed by atoms with Crippen LogP contribution in [0.25, 0.3) is 0 Å². The summed E-state index contributed by atoms with van der Waals surface area (Å²) in [5.74, 6) is -6.06. The van der Waals surface area contributed by atoms with E-state index in [1.165, 1.54) is 49.0 Å². The molecule has 0 amide bonds. The number of esters is 1.